The first-order valence-corrected chi connectivity index (χ1v) is 23.6. The van der Waals surface area contributed by atoms with Crippen LogP contribution in [0.3, 0.4) is 0 Å². The number of hydrogen-bond donors (Lipinski definition) is 0. The summed E-state index contributed by atoms with van der Waals surface area (Å²) in [5.41, 5.74) is 4.43. The number of carbonyl (C=O) groups is 1. The highest BCUT2D eigenvalue weighted by atomic mass is 28.4. The Kier molecular flexibility index (Phi) is 10.5. The summed E-state index contributed by atoms with van der Waals surface area (Å²) in [7, 11) is -3.91. The van der Waals surface area contributed by atoms with Gasteiger partial charge in [-0.2, -0.15) is 0 Å². The predicted octanol–water partition coefficient (Wildman–Crippen LogP) is 11.4. The molecule has 3 nitrogen and oxygen atoms in total. The number of carbonyl (C=O) groups excluding carboxylic acids is 1. The van der Waals surface area contributed by atoms with Crippen LogP contribution in [-0.2, 0) is 13.6 Å². The van der Waals surface area contributed by atoms with Crippen LogP contribution in [0, 0.1) is 29.1 Å². The van der Waals surface area contributed by atoms with E-state index in [1.165, 1.54) is 43.3 Å². The van der Waals surface area contributed by atoms with E-state index in [1.54, 1.807) is 5.57 Å². The van der Waals surface area contributed by atoms with Gasteiger partial charge in [0.15, 0.2) is 22.4 Å². The fraction of sp³-hybridized carbons (Fsp3) is 0.769. The standard InChI is InChI=1S/C39H66O3Si2/c1-27(16-23-35(40)30-18-19-30)33-21-22-34-29(15-14-24-39(33,34)9)17-20-31-25-32(41-43(10,11)37(3,4)5)26-36(28(31)2)42-44(12,13)38(6,7)8/h16-17,20,23,27,30,32-34,36H,2,14-15,18-19,21-22,24-26H2,1,3-13H3/t27?,32?,33?,34?,36?,39-/m1/s1. The lowest BCUT2D eigenvalue weighted by Gasteiger charge is -2.45. The van der Waals surface area contributed by atoms with E-state index in [4.69, 9.17) is 8.85 Å². The Labute approximate surface area is 273 Å². The molecular formula is C39H66O3Si2. The molecule has 44 heavy (non-hydrogen) atoms. The van der Waals surface area contributed by atoms with Crippen molar-refractivity contribution in [3.05, 3.63) is 47.6 Å². The van der Waals surface area contributed by atoms with E-state index in [0.29, 0.717) is 34.9 Å². The Morgan fingerprint density at radius 1 is 0.955 bits per heavy atom. The molecule has 0 aromatic rings. The monoisotopic (exact) mass is 638 g/mol. The molecule has 4 fully saturated rings. The van der Waals surface area contributed by atoms with Crippen LogP contribution in [0.15, 0.2) is 47.6 Å². The summed E-state index contributed by atoms with van der Waals surface area (Å²) in [6.07, 6.45) is 19.5. The highest BCUT2D eigenvalue weighted by Crippen LogP contribution is 2.59. The van der Waals surface area contributed by atoms with Crippen LogP contribution in [0.1, 0.15) is 113 Å². The fourth-order valence-electron chi connectivity index (χ4n) is 7.79. The average Bonchev–Trinajstić information content (AvgIpc) is 3.68. The molecule has 0 radical (unpaired) electrons. The molecule has 0 N–H and O–H groups in total. The smallest absolute Gasteiger partial charge is 0.192 e. The number of ketones is 1. The molecule has 0 aliphatic heterocycles. The van der Waals surface area contributed by atoms with Crippen molar-refractivity contribution in [1.82, 2.24) is 0 Å². The summed E-state index contributed by atoms with van der Waals surface area (Å²) in [6, 6.07) is 0. The zero-order chi connectivity index (χ0) is 32.9. The summed E-state index contributed by atoms with van der Waals surface area (Å²) < 4.78 is 14.1. The molecule has 4 aliphatic rings. The normalized spacial score (nSPS) is 33.3. The van der Waals surface area contributed by atoms with E-state index in [0.717, 1.165) is 25.7 Å². The third-order valence-corrected chi connectivity index (χ3v) is 22.0. The van der Waals surface area contributed by atoms with E-state index < -0.39 is 16.6 Å². The molecule has 248 valence electrons. The minimum absolute atomic E-state index is 0.0162. The van der Waals surface area contributed by atoms with Gasteiger partial charge in [0.25, 0.3) is 0 Å². The predicted molar refractivity (Wildman–Crippen MR) is 193 cm³/mol. The van der Waals surface area contributed by atoms with Gasteiger partial charge in [-0.3, -0.25) is 4.79 Å². The van der Waals surface area contributed by atoms with Crippen molar-refractivity contribution in [2.45, 2.75) is 162 Å². The molecule has 0 bridgehead atoms. The molecule has 4 saturated carbocycles. The van der Waals surface area contributed by atoms with Crippen molar-refractivity contribution >= 4 is 22.4 Å². The number of hydrogen-bond acceptors (Lipinski definition) is 3. The van der Waals surface area contributed by atoms with Crippen LogP contribution in [0.2, 0.25) is 36.3 Å². The first kappa shape index (κ1) is 35.8. The fourth-order valence-corrected chi connectivity index (χ4v) is 10.5. The second-order valence-electron chi connectivity index (χ2n) is 18.3. The summed E-state index contributed by atoms with van der Waals surface area (Å²) in [4.78, 5) is 12.4. The summed E-state index contributed by atoms with van der Waals surface area (Å²) in [5, 5.41) is 0.321. The largest absolute Gasteiger partial charge is 0.413 e. The lowest BCUT2D eigenvalue weighted by atomic mass is 9.61. The number of fused-ring (bicyclic) bond motifs is 1. The first-order chi connectivity index (χ1) is 20.2. The quantitative estimate of drug-likeness (QED) is 0.186. The van der Waals surface area contributed by atoms with Gasteiger partial charge >= 0.3 is 0 Å². The van der Waals surface area contributed by atoms with E-state index >= 15 is 0 Å². The molecule has 0 heterocycles. The second kappa shape index (κ2) is 12.9. The van der Waals surface area contributed by atoms with Gasteiger partial charge in [-0.15, -0.1) is 0 Å². The number of allylic oxidation sites excluding steroid dienone is 5. The van der Waals surface area contributed by atoms with Gasteiger partial charge in [0.2, 0.25) is 0 Å². The van der Waals surface area contributed by atoms with Gasteiger partial charge < -0.3 is 8.85 Å². The molecule has 0 spiro atoms. The average molecular weight is 639 g/mol. The highest BCUT2D eigenvalue weighted by Gasteiger charge is 2.50. The Bertz CT molecular complexity index is 1170. The molecule has 5 heteroatoms. The van der Waals surface area contributed by atoms with Crippen LogP contribution >= 0.6 is 0 Å². The molecule has 6 atom stereocenters. The molecule has 0 aromatic heterocycles. The maximum absolute atomic E-state index is 12.4. The van der Waals surface area contributed by atoms with Crippen LogP contribution in [0.25, 0.3) is 0 Å². The van der Waals surface area contributed by atoms with Crippen molar-refractivity contribution in [1.29, 1.82) is 0 Å². The van der Waals surface area contributed by atoms with Gasteiger partial charge in [0, 0.05) is 12.3 Å². The Morgan fingerprint density at radius 2 is 1.57 bits per heavy atom. The van der Waals surface area contributed by atoms with E-state index in [9.17, 15) is 4.79 Å². The SMILES string of the molecule is C=C1C(=CC=C2CCC[C@@]3(C)C2CCC3C(C)C=CC(=O)C2CC2)CC(O[Si](C)(C)C(C)(C)C)CC1O[Si](C)(C)C(C)(C)C. The van der Waals surface area contributed by atoms with Gasteiger partial charge in [0.05, 0.1) is 12.2 Å². The zero-order valence-corrected chi connectivity index (χ0v) is 32.6. The van der Waals surface area contributed by atoms with E-state index in [-0.39, 0.29) is 22.3 Å². The molecule has 4 aliphatic carbocycles. The highest BCUT2D eigenvalue weighted by molar-refractivity contribution is 6.74. The van der Waals surface area contributed by atoms with Crippen molar-refractivity contribution in [2.75, 3.05) is 0 Å². The van der Waals surface area contributed by atoms with Crippen LogP contribution in [0.4, 0.5) is 0 Å². The summed E-state index contributed by atoms with van der Waals surface area (Å²) >= 11 is 0. The van der Waals surface area contributed by atoms with Gasteiger partial charge in [-0.05, 0) is 128 Å². The molecular weight excluding hydrogens is 573 g/mol. The van der Waals surface area contributed by atoms with Crippen LogP contribution < -0.4 is 0 Å². The summed E-state index contributed by atoms with van der Waals surface area (Å²) in [5.74, 6) is 2.39. The third kappa shape index (κ3) is 7.74. The molecule has 0 saturated heterocycles. The lowest BCUT2D eigenvalue weighted by molar-refractivity contribution is -0.115. The summed E-state index contributed by atoms with van der Waals surface area (Å²) in [6.45, 7) is 33.0. The molecule has 0 amide bonds. The van der Waals surface area contributed by atoms with Gasteiger partial charge in [0.1, 0.15) is 0 Å². The van der Waals surface area contributed by atoms with Crippen molar-refractivity contribution < 1.29 is 13.6 Å². The second-order valence-corrected chi connectivity index (χ2v) is 27.8. The van der Waals surface area contributed by atoms with Crippen LogP contribution in [0.5, 0.6) is 0 Å². The first-order valence-electron chi connectivity index (χ1n) is 17.8. The Hall–Kier alpha value is -1.02. The van der Waals surface area contributed by atoms with Crippen molar-refractivity contribution in [3.8, 4) is 0 Å². The van der Waals surface area contributed by atoms with Crippen molar-refractivity contribution in [3.63, 3.8) is 0 Å². The zero-order valence-electron chi connectivity index (χ0n) is 30.6. The van der Waals surface area contributed by atoms with Crippen LogP contribution in [-0.4, -0.2) is 34.6 Å². The van der Waals surface area contributed by atoms with E-state index in [1.807, 2.05) is 6.08 Å². The van der Waals surface area contributed by atoms with Gasteiger partial charge in [-0.1, -0.05) is 85.8 Å². The molecule has 4 rings (SSSR count). The maximum Gasteiger partial charge on any atom is 0.192 e. The van der Waals surface area contributed by atoms with E-state index in [2.05, 4.69) is 106 Å². The topological polar surface area (TPSA) is 35.5 Å². The Balaban J connectivity index is 1.58. The van der Waals surface area contributed by atoms with Gasteiger partial charge in [-0.25, -0.2) is 0 Å². The lowest BCUT2D eigenvalue weighted by Crippen LogP contribution is -2.49. The third-order valence-electron chi connectivity index (χ3n) is 13.0. The molecule has 0 aromatic carbocycles. The Morgan fingerprint density at radius 3 is 2.16 bits per heavy atom. The minimum atomic E-state index is -1.98. The minimum Gasteiger partial charge on any atom is -0.413 e. The molecule has 5 unspecified atom stereocenters. The maximum atomic E-state index is 12.4. The number of rotatable bonds is 9. The van der Waals surface area contributed by atoms with Crippen molar-refractivity contribution in [2.24, 2.45) is 29.1 Å².